The first-order chi connectivity index (χ1) is 24.9. The van der Waals surface area contributed by atoms with Crippen molar-refractivity contribution in [3.05, 3.63) is 32.6 Å². The van der Waals surface area contributed by atoms with E-state index in [-0.39, 0.29) is 18.0 Å². The molecule has 0 fully saturated rings. The van der Waals surface area contributed by atoms with E-state index in [9.17, 15) is 19.2 Å². The first kappa shape index (κ1) is 46.3. The average Bonchev–Trinajstić information content (AvgIpc) is 3.13. The minimum Gasteiger partial charge on any atom is -0.462 e. The number of anilines is 2. The first-order valence-electron chi connectivity index (χ1n) is 20.8. The van der Waals surface area contributed by atoms with Crippen molar-refractivity contribution in [2.75, 3.05) is 50.5 Å². The van der Waals surface area contributed by atoms with Gasteiger partial charge in [-0.05, 0) is 83.8 Å². The Morgan fingerprint density at radius 3 is 1.82 bits per heavy atom. The fourth-order valence-corrected chi connectivity index (χ4v) is 6.39. The van der Waals surface area contributed by atoms with Crippen LogP contribution in [0.25, 0.3) is 0 Å². The van der Waals surface area contributed by atoms with Gasteiger partial charge in [-0.15, -0.1) is 0 Å². The van der Waals surface area contributed by atoms with Gasteiger partial charge in [-0.3, -0.25) is 19.2 Å². The van der Waals surface area contributed by atoms with Gasteiger partial charge in [0.2, 0.25) is 0 Å². The second-order valence-electron chi connectivity index (χ2n) is 14.2. The number of esters is 2. The van der Waals surface area contributed by atoms with Crippen LogP contribution in [0.5, 0.6) is 0 Å². The van der Waals surface area contributed by atoms with Crippen LogP contribution >= 0.6 is 0 Å². The quantitative estimate of drug-likeness (QED) is 0.0303. The third kappa shape index (κ3) is 23.5. The fraction of sp³-hybridized carbons (Fsp3) is 0.810. The summed E-state index contributed by atoms with van der Waals surface area (Å²) in [6.07, 6.45) is 29.1. The highest BCUT2D eigenvalue weighted by molar-refractivity contribution is 5.73. The molecule has 0 amide bonds. The Morgan fingerprint density at radius 2 is 1.18 bits per heavy atom. The monoisotopic (exact) mass is 718 g/mol. The summed E-state index contributed by atoms with van der Waals surface area (Å²) in [6, 6.07) is 0. The van der Waals surface area contributed by atoms with Gasteiger partial charge < -0.3 is 25.0 Å². The number of carbonyl (C=O) groups excluding carboxylic acids is 2. The van der Waals surface area contributed by atoms with E-state index < -0.39 is 10.9 Å². The molecule has 0 aliphatic carbocycles. The van der Waals surface area contributed by atoms with Crippen molar-refractivity contribution in [1.82, 2.24) is 4.90 Å². The van der Waals surface area contributed by atoms with E-state index >= 15 is 0 Å². The van der Waals surface area contributed by atoms with Crippen molar-refractivity contribution in [3.8, 4) is 0 Å². The Balaban J connectivity index is 2.33. The van der Waals surface area contributed by atoms with Crippen LogP contribution < -0.4 is 21.5 Å². The number of nitrogens with zero attached hydrogens (tertiary/aromatic N) is 1. The molecular weight excluding hydrogens is 642 g/mol. The molecule has 0 aliphatic heterocycles. The number of hydrogen-bond acceptors (Lipinski definition) is 9. The number of hydrogen-bond donors (Lipinski definition) is 2. The maximum atomic E-state index is 12.5. The number of rotatable bonds is 36. The standard InChI is InChI=1S/C42H75N3O6/c1-5-8-11-12-19-25-35-50-37(46)29-21-15-13-17-23-32-45(34-26-31-44-40-39(43-4)41(48)42(40)49)33-24-18-14-16-22-30-38(47)51-36(27-10-7-3)28-20-9-6-2/h19,25,36,43-44H,5-18,20-24,26-35H2,1-4H3/b25-19-. The maximum Gasteiger partial charge on any atom is 0.306 e. The molecule has 9 nitrogen and oxygen atoms in total. The van der Waals surface area contributed by atoms with Crippen LogP contribution in [0.15, 0.2) is 21.7 Å². The van der Waals surface area contributed by atoms with Gasteiger partial charge in [0, 0.05) is 26.4 Å². The van der Waals surface area contributed by atoms with E-state index in [0.29, 0.717) is 37.4 Å². The molecule has 1 aromatic rings. The molecule has 0 saturated carbocycles. The van der Waals surface area contributed by atoms with Gasteiger partial charge in [0.15, 0.2) is 0 Å². The molecule has 1 rings (SSSR count). The predicted molar refractivity (Wildman–Crippen MR) is 214 cm³/mol. The summed E-state index contributed by atoms with van der Waals surface area (Å²) in [7, 11) is 1.66. The lowest BCUT2D eigenvalue weighted by molar-refractivity contribution is -0.150. The van der Waals surface area contributed by atoms with Gasteiger partial charge in [0.25, 0.3) is 10.9 Å². The van der Waals surface area contributed by atoms with Crippen LogP contribution in [0.3, 0.4) is 0 Å². The molecule has 1 unspecified atom stereocenters. The third-order valence-electron chi connectivity index (χ3n) is 9.61. The van der Waals surface area contributed by atoms with E-state index in [1.54, 1.807) is 7.05 Å². The Hall–Kier alpha value is -2.68. The molecule has 9 heteroatoms. The van der Waals surface area contributed by atoms with Crippen molar-refractivity contribution >= 4 is 23.3 Å². The van der Waals surface area contributed by atoms with E-state index in [1.165, 1.54) is 32.1 Å². The molecule has 0 saturated heterocycles. The lowest BCUT2D eigenvalue weighted by Crippen LogP contribution is -2.37. The Labute approximate surface area is 310 Å². The molecule has 0 aliphatic rings. The largest absolute Gasteiger partial charge is 0.462 e. The van der Waals surface area contributed by atoms with Crippen LogP contribution in [0, 0.1) is 0 Å². The number of nitrogens with one attached hydrogen (secondary N) is 2. The van der Waals surface area contributed by atoms with E-state index in [1.807, 2.05) is 6.08 Å². The maximum absolute atomic E-state index is 12.5. The zero-order valence-electron chi connectivity index (χ0n) is 33.1. The SMILES string of the molecule is CCCCC/C=C\COC(=O)CCCCCCCN(CCCCCCCC(=O)OC(CCCC)CCCCC)CCCNc1c(NC)c(=O)c1=O. The average molecular weight is 718 g/mol. The molecule has 0 heterocycles. The molecule has 294 valence electrons. The van der Waals surface area contributed by atoms with Gasteiger partial charge in [-0.1, -0.05) is 110 Å². The lowest BCUT2D eigenvalue weighted by Gasteiger charge is -2.23. The summed E-state index contributed by atoms with van der Waals surface area (Å²) in [5.74, 6) is -0.133. The summed E-state index contributed by atoms with van der Waals surface area (Å²) in [4.78, 5) is 50.6. The van der Waals surface area contributed by atoms with Crippen molar-refractivity contribution < 1.29 is 19.1 Å². The van der Waals surface area contributed by atoms with E-state index in [2.05, 4.69) is 42.4 Å². The van der Waals surface area contributed by atoms with Gasteiger partial charge in [0.1, 0.15) is 24.1 Å². The van der Waals surface area contributed by atoms with Crippen LogP contribution in [-0.4, -0.2) is 62.8 Å². The third-order valence-corrected chi connectivity index (χ3v) is 9.61. The molecule has 1 atom stereocenters. The molecule has 0 aromatic heterocycles. The van der Waals surface area contributed by atoms with Gasteiger partial charge >= 0.3 is 11.9 Å². The van der Waals surface area contributed by atoms with Gasteiger partial charge in [-0.25, -0.2) is 0 Å². The normalized spacial score (nSPS) is 12.2. The highest BCUT2D eigenvalue weighted by Crippen LogP contribution is 2.17. The molecule has 1 aromatic carbocycles. The lowest BCUT2D eigenvalue weighted by atomic mass is 10.1. The predicted octanol–water partition coefficient (Wildman–Crippen LogP) is 9.47. The Bertz CT molecular complexity index is 1110. The van der Waals surface area contributed by atoms with Crippen molar-refractivity contribution in [3.63, 3.8) is 0 Å². The smallest absolute Gasteiger partial charge is 0.306 e. The number of carbonyl (C=O) groups is 2. The zero-order valence-corrected chi connectivity index (χ0v) is 33.1. The van der Waals surface area contributed by atoms with Crippen LogP contribution in [-0.2, 0) is 19.1 Å². The summed E-state index contributed by atoms with van der Waals surface area (Å²) in [5.41, 5.74) is -0.0834. The summed E-state index contributed by atoms with van der Waals surface area (Å²) in [5, 5.41) is 5.97. The highest BCUT2D eigenvalue weighted by atomic mass is 16.5. The minimum absolute atomic E-state index is 0.0289. The minimum atomic E-state index is -0.445. The zero-order chi connectivity index (χ0) is 37.4. The van der Waals surface area contributed by atoms with Crippen LogP contribution in [0.2, 0.25) is 0 Å². The molecule has 2 N–H and O–H groups in total. The summed E-state index contributed by atoms with van der Waals surface area (Å²) in [6.45, 7) is 10.6. The molecule has 0 bridgehead atoms. The molecule has 0 spiro atoms. The molecular formula is C42H75N3O6. The van der Waals surface area contributed by atoms with Gasteiger partial charge in [0.05, 0.1) is 0 Å². The van der Waals surface area contributed by atoms with Gasteiger partial charge in [-0.2, -0.15) is 0 Å². The van der Waals surface area contributed by atoms with Crippen LogP contribution in [0.4, 0.5) is 11.4 Å². The Kier molecular flexibility index (Phi) is 29.1. The molecule has 0 radical (unpaired) electrons. The van der Waals surface area contributed by atoms with E-state index in [4.69, 9.17) is 9.47 Å². The number of ether oxygens (including phenoxy) is 2. The van der Waals surface area contributed by atoms with E-state index in [0.717, 1.165) is 129 Å². The number of allylic oxidation sites excluding steroid dienone is 1. The summed E-state index contributed by atoms with van der Waals surface area (Å²) < 4.78 is 11.2. The number of unbranched alkanes of at least 4 members (excludes halogenated alkanes) is 14. The van der Waals surface area contributed by atoms with Crippen LogP contribution in [0.1, 0.15) is 175 Å². The summed E-state index contributed by atoms with van der Waals surface area (Å²) >= 11 is 0. The van der Waals surface area contributed by atoms with Crippen molar-refractivity contribution in [2.45, 2.75) is 181 Å². The fourth-order valence-electron chi connectivity index (χ4n) is 6.39. The molecule has 51 heavy (non-hydrogen) atoms. The second kappa shape index (κ2) is 32.0. The van der Waals surface area contributed by atoms with Crippen molar-refractivity contribution in [2.24, 2.45) is 0 Å². The Morgan fingerprint density at radius 1 is 0.627 bits per heavy atom. The first-order valence-corrected chi connectivity index (χ1v) is 20.8. The topological polar surface area (TPSA) is 114 Å². The highest BCUT2D eigenvalue weighted by Gasteiger charge is 2.19. The van der Waals surface area contributed by atoms with Crippen molar-refractivity contribution in [1.29, 1.82) is 0 Å². The second-order valence-corrected chi connectivity index (χ2v) is 14.2.